The molecule has 0 aliphatic heterocycles. The van der Waals surface area contributed by atoms with Gasteiger partial charge in [-0.3, -0.25) is 0 Å². The van der Waals surface area contributed by atoms with Gasteiger partial charge in [0.2, 0.25) is 0 Å². The Kier molecular flexibility index (Phi) is 3.25. The highest BCUT2D eigenvalue weighted by atomic mass is 32.2. The van der Waals surface area contributed by atoms with E-state index in [0.29, 0.717) is 0 Å². The molecule has 2 nitrogen and oxygen atoms in total. The molecule has 0 saturated carbocycles. The predicted molar refractivity (Wildman–Crippen MR) is 47.5 cm³/mol. The molecule has 0 unspecified atom stereocenters. The molecule has 0 aliphatic rings. The van der Waals surface area contributed by atoms with Gasteiger partial charge in [0, 0.05) is 5.56 Å². The van der Waals surface area contributed by atoms with Crippen molar-refractivity contribution in [1.82, 2.24) is 0 Å². The van der Waals surface area contributed by atoms with Crippen LogP contribution < -0.4 is 0 Å². The average molecular weight is 203 g/mol. The van der Waals surface area contributed by atoms with E-state index in [1.807, 2.05) is 0 Å². The molecule has 0 spiro atoms. The topological polar surface area (TPSA) is 32.6 Å². The Bertz CT molecular complexity index is 318. The number of hydrogen-bond acceptors (Lipinski definition) is 3. The van der Waals surface area contributed by atoms with Crippen molar-refractivity contribution in [3.05, 3.63) is 29.3 Å². The minimum atomic E-state index is -0.651. The van der Waals surface area contributed by atoms with Gasteiger partial charge in [0.05, 0.1) is 11.1 Å². The number of rotatable bonds is 2. The summed E-state index contributed by atoms with van der Waals surface area (Å²) in [5.74, 6) is -1.30. The van der Waals surface area contributed by atoms with Crippen LogP contribution in [0.2, 0.25) is 0 Å². The molecule has 0 amide bonds. The number of benzene rings is 1. The van der Waals surface area contributed by atoms with Crippen LogP contribution in [-0.4, -0.2) is 17.7 Å². The average Bonchev–Trinajstić information content (AvgIpc) is 2.04. The quantitative estimate of drug-likeness (QED) is 0.346. The lowest BCUT2D eigenvalue weighted by molar-refractivity contribution is 0.322. The molecule has 0 aromatic heterocycles. The van der Waals surface area contributed by atoms with Gasteiger partial charge >= 0.3 is 0 Å². The maximum absolute atomic E-state index is 13.0. The fourth-order valence-electron chi connectivity index (χ4n) is 0.916. The van der Waals surface area contributed by atoms with Crippen LogP contribution in [0.4, 0.5) is 8.78 Å². The summed E-state index contributed by atoms with van der Waals surface area (Å²) in [6, 6.07) is 2.21. The van der Waals surface area contributed by atoms with E-state index < -0.39 is 11.6 Å². The Morgan fingerprint density at radius 1 is 1.38 bits per heavy atom. The number of halogens is 2. The van der Waals surface area contributed by atoms with Crippen molar-refractivity contribution in [2.75, 3.05) is 6.26 Å². The molecular weight excluding hydrogens is 196 g/mol. The molecule has 1 N–H and O–H groups in total. The smallest absolute Gasteiger partial charge is 0.140 e. The van der Waals surface area contributed by atoms with E-state index in [2.05, 4.69) is 5.16 Å². The van der Waals surface area contributed by atoms with Gasteiger partial charge in [-0.2, -0.15) is 0 Å². The lowest BCUT2D eigenvalue weighted by Crippen LogP contribution is -1.91. The van der Waals surface area contributed by atoms with Gasteiger partial charge in [0.1, 0.15) is 11.6 Å². The first-order valence-corrected chi connectivity index (χ1v) is 4.62. The number of nitrogens with zero attached hydrogens (tertiary/aromatic N) is 1. The minimum Gasteiger partial charge on any atom is -0.411 e. The summed E-state index contributed by atoms with van der Waals surface area (Å²) in [5, 5.41) is 10.8. The van der Waals surface area contributed by atoms with Crippen LogP contribution in [0.25, 0.3) is 0 Å². The van der Waals surface area contributed by atoms with Crippen molar-refractivity contribution >= 4 is 18.0 Å². The van der Waals surface area contributed by atoms with Crippen molar-refractivity contribution in [2.45, 2.75) is 4.90 Å². The van der Waals surface area contributed by atoms with Crippen LogP contribution in [-0.2, 0) is 0 Å². The Balaban J connectivity index is 3.20. The van der Waals surface area contributed by atoms with Gasteiger partial charge in [-0.05, 0) is 18.4 Å². The van der Waals surface area contributed by atoms with E-state index >= 15 is 0 Å². The standard InChI is InChI=1S/C8H7F2NOS/c1-13-8-6(9)2-5(4-11-12)3-7(8)10/h2-4,12H,1H3/b11-4+. The van der Waals surface area contributed by atoms with Crippen LogP contribution in [0.15, 0.2) is 22.2 Å². The highest BCUT2D eigenvalue weighted by molar-refractivity contribution is 7.98. The maximum Gasteiger partial charge on any atom is 0.140 e. The minimum absolute atomic E-state index is 0.0323. The van der Waals surface area contributed by atoms with Crippen molar-refractivity contribution in [3.63, 3.8) is 0 Å². The molecule has 13 heavy (non-hydrogen) atoms. The van der Waals surface area contributed by atoms with Crippen LogP contribution in [0, 0.1) is 11.6 Å². The second-order valence-corrected chi connectivity index (χ2v) is 3.08. The van der Waals surface area contributed by atoms with E-state index in [4.69, 9.17) is 5.21 Å². The second-order valence-electron chi connectivity index (χ2n) is 2.26. The summed E-state index contributed by atoms with van der Waals surface area (Å²) >= 11 is 0.992. The zero-order chi connectivity index (χ0) is 9.84. The Hall–Kier alpha value is -1.10. The lowest BCUT2D eigenvalue weighted by Gasteiger charge is -2.01. The first-order chi connectivity index (χ1) is 6.19. The SMILES string of the molecule is CSc1c(F)cc(/C=N/O)cc1F. The Morgan fingerprint density at radius 2 is 1.92 bits per heavy atom. The van der Waals surface area contributed by atoms with Gasteiger partial charge in [-0.15, -0.1) is 11.8 Å². The molecule has 0 atom stereocenters. The molecule has 0 saturated heterocycles. The second kappa shape index (κ2) is 4.23. The van der Waals surface area contributed by atoms with E-state index in [1.165, 1.54) is 0 Å². The van der Waals surface area contributed by atoms with Gasteiger partial charge in [-0.25, -0.2) is 8.78 Å². The van der Waals surface area contributed by atoms with E-state index in [1.54, 1.807) is 6.26 Å². The summed E-state index contributed by atoms with van der Waals surface area (Å²) < 4.78 is 26.1. The molecule has 1 rings (SSSR count). The van der Waals surface area contributed by atoms with E-state index in [9.17, 15) is 8.78 Å². The zero-order valence-corrected chi connectivity index (χ0v) is 7.61. The molecule has 5 heteroatoms. The van der Waals surface area contributed by atoms with E-state index in [0.717, 1.165) is 30.1 Å². The molecular formula is C8H7F2NOS. The summed E-state index contributed by atoms with van der Waals surface area (Å²) in [7, 11) is 0. The number of oxime groups is 1. The monoisotopic (exact) mass is 203 g/mol. The van der Waals surface area contributed by atoms with Crippen molar-refractivity contribution in [3.8, 4) is 0 Å². The normalized spacial score (nSPS) is 11.0. The fourth-order valence-corrected chi connectivity index (χ4v) is 1.42. The van der Waals surface area contributed by atoms with Crippen LogP contribution >= 0.6 is 11.8 Å². The zero-order valence-electron chi connectivity index (χ0n) is 6.79. The van der Waals surface area contributed by atoms with Crippen LogP contribution in [0.1, 0.15) is 5.56 Å². The third-order valence-electron chi connectivity index (χ3n) is 1.43. The third-order valence-corrected chi connectivity index (χ3v) is 2.23. The van der Waals surface area contributed by atoms with Crippen molar-refractivity contribution in [1.29, 1.82) is 0 Å². The van der Waals surface area contributed by atoms with Gasteiger partial charge in [0.25, 0.3) is 0 Å². The molecule has 0 radical (unpaired) electrons. The molecule has 70 valence electrons. The lowest BCUT2D eigenvalue weighted by atomic mass is 10.2. The van der Waals surface area contributed by atoms with Crippen LogP contribution in [0.3, 0.4) is 0 Å². The molecule has 0 bridgehead atoms. The number of hydrogen-bond donors (Lipinski definition) is 1. The summed E-state index contributed by atoms with van der Waals surface area (Å²) in [5.41, 5.74) is 0.190. The molecule has 0 fully saturated rings. The highest BCUT2D eigenvalue weighted by Gasteiger charge is 2.08. The first-order valence-electron chi connectivity index (χ1n) is 3.39. The highest BCUT2D eigenvalue weighted by Crippen LogP contribution is 2.23. The van der Waals surface area contributed by atoms with Crippen molar-refractivity contribution < 1.29 is 14.0 Å². The van der Waals surface area contributed by atoms with Crippen LogP contribution in [0.5, 0.6) is 0 Å². The van der Waals surface area contributed by atoms with Gasteiger partial charge in [-0.1, -0.05) is 5.16 Å². The van der Waals surface area contributed by atoms with Crippen molar-refractivity contribution in [2.24, 2.45) is 5.16 Å². The Labute approximate surface area is 78.3 Å². The predicted octanol–water partition coefficient (Wildman–Crippen LogP) is 2.49. The maximum atomic E-state index is 13.0. The fraction of sp³-hybridized carbons (Fsp3) is 0.125. The molecule has 1 aromatic rings. The number of thioether (sulfide) groups is 1. The van der Waals surface area contributed by atoms with E-state index in [-0.39, 0.29) is 10.5 Å². The first kappa shape index (κ1) is 9.98. The Morgan fingerprint density at radius 3 is 2.31 bits per heavy atom. The molecule has 0 heterocycles. The summed E-state index contributed by atoms with van der Waals surface area (Å²) in [6.07, 6.45) is 2.55. The third kappa shape index (κ3) is 2.18. The molecule has 1 aromatic carbocycles. The molecule has 0 aliphatic carbocycles. The van der Waals surface area contributed by atoms with Gasteiger partial charge in [0.15, 0.2) is 0 Å². The largest absolute Gasteiger partial charge is 0.411 e. The van der Waals surface area contributed by atoms with Gasteiger partial charge < -0.3 is 5.21 Å². The summed E-state index contributed by atoms with van der Waals surface area (Å²) in [6.45, 7) is 0. The summed E-state index contributed by atoms with van der Waals surface area (Å²) in [4.78, 5) is -0.0323.